The summed E-state index contributed by atoms with van der Waals surface area (Å²) in [5.74, 6) is -0.0649. The van der Waals surface area contributed by atoms with Crippen molar-refractivity contribution >= 4 is 33.2 Å². The maximum atomic E-state index is 13.2. The third-order valence-corrected chi connectivity index (χ3v) is 7.60. The van der Waals surface area contributed by atoms with E-state index in [-0.39, 0.29) is 22.5 Å². The average Bonchev–Trinajstić information content (AvgIpc) is 3.47. The molecule has 2 fully saturated rings. The number of sulfonamides is 1. The summed E-state index contributed by atoms with van der Waals surface area (Å²) >= 11 is 0. The number of hydrogen-bond donors (Lipinski definition) is 1. The van der Waals surface area contributed by atoms with Gasteiger partial charge in [-0.3, -0.25) is 9.59 Å². The highest BCUT2D eigenvalue weighted by molar-refractivity contribution is 7.89. The van der Waals surface area contributed by atoms with Gasteiger partial charge in [0.05, 0.1) is 6.61 Å². The maximum absolute atomic E-state index is 13.2. The molecule has 9 heteroatoms. The monoisotopic (exact) mass is 457 g/mol. The second kappa shape index (κ2) is 9.30. The van der Waals surface area contributed by atoms with Crippen LogP contribution in [0.2, 0.25) is 0 Å². The molecule has 0 aliphatic carbocycles. The molecule has 0 unspecified atom stereocenters. The molecule has 2 aliphatic heterocycles. The molecule has 2 aromatic carbocycles. The number of anilines is 2. The van der Waals surface area contributed by atoms with Crippen molar-refractivity contribution < 1.29 is 22.7 Å². The van der Waals surface area contributed by atoms with Crippen LogP contribution in [0.25, 0.3) is 0 Å². The molecule has 2 heterocycles. The van der Waals surface area contributed by atoms with Crippen LogP contribution < -0.4 is 15.0 Å². The summed E-state index contributed by atoms with van der Waals surface area (Å²) in [5, 5.41) is 2.78. The van der Waals surface area contributed by atoms with E-state index in [1.165, 1.54) is 10.4 Å². The molecule has 170 valence electrons. The third kappa shape index (κ3) is 4.49. The molecule has 32 heavy (non-hydrogen) atoms. The first-order valence-electron chi connectivity index (χ1n) is 10.9. The van der Waals surface area contributed by atoms with Crippen LogP contribution in [-0.2, 0) is 14.8 Å². The first-order chi connectivity index (χ1) is 15.4. The van der Waals surface area contributed by atoms with Gasteiger partial charge in [-0.2, -0.15) is 4.31 Å². The van der Waals surface area contributed by atoms with E-state index in [2.05, 4.69) is 5.32 Å². The number of amides is 2. The number of rotatable bonds is 7. The highest BCUT2D eigenvalue weighted by Crippen LogP contribution is 2.32. The van der Waals surface area contributed by atoms with Crippen LogP contribution in [0.1, 0.15) is 43.0 Å². The van der Waals surface area contributed by atoms with Crippen molar-refractivity contribution in [2.75, 3.05) is 36.5 Å². The molecular weight excluding hydrogens is 430 g/mol. The first kappa shape index (κ1) is 22.3. The maximum Gasteiger partial charge on any atom is 0.255 e. The van der Waals surface area contributed by atoms with Gasteiger partial charge < -0.3 is 15.0 Å². The van der Waals surface area contributed by atoms with Gasteiger partial charge in [0, 0.05) is 43.0 Å². The molecular formula is C23H27N3O5S. The van der Waals surface area contributed by atoms with E-state index in [9.17, 15) is 18.0 Å². The van der Waals surface area contributed by atoms with E-state index in [1.807, 2.05) is 0 Å². The van der Waals surface area contributed by atoms with E-state index in [1.54, 1.807) is 48.2 Å². The fraction of sp³-hybridized carbons (Fsp3) is 0.391. The smallest absolute Gasteiger partial charge is 0.255 e. The number of carbonyl (C=O) groups is 2. The van der Waals surface area contributed by atoms with Gasteiger partial charge in [0.25, 0.3) is 5.91 Å². The number of benzene rings is 2. The van der Waals surface area contributed by atoms with Gasteiger partial charge in [-0.15, -0.1) is 0 Å². The largest absolute Gasteiger partial charge is 0.492 e. The van der Waals surface area contributed by atoms with Gasteiger partial charge in [-0.1, -0.05) is 6.07 Å². The molecule has 1 N–H and O–H groups in total. The van der Waals surface area contributed by atoms with Crippen LogP contribution >= 0.6 is 0 Å². The number of hydrogen-bond acceptors (Lipinski definition) is 5. The van der Waals surface area contributed by atoms with Gasteiger partial charge in [0.1, 0.15) is 10.6 Å². The van der Waals surface area contributed by atoms with Crippen molar-refractivity contribution in [3.05, 3.63) is 48.0 Å². The van der Waals surface area contributed by atoms with Crippen molar-refractivity contribution in [2.24, 2.45) is 0 Å². The summed E-state index contributed by atoms with van der Waals surface area (Å²) < 4.78 is 33.3. The minimum absolute atomic E-state index is 0.0471. The summed E-state index contributed by atoms with van der Waals surface area (Å²) in [7, 11) is -3.73. The number of nitrogens with one attached hydrogen (secondary N) is 1. The summed E-state index contributed by atoms with van der Waals surface area (Å²) in [6.07, 6.45) is 2.97. The lowest BCUT2D eigenvalue weighted by molar-refractivity contribution is -0.117. The molecule has 0 spiro atoms. The van der Waals surface area contributed by atoms with Crippen molar-refractivity contribution in [2.45, 2.75) is 37.5 Å². The Morgan fingerprint density at radius 1 is 1.06 bits per heavy atom. The molecule has 2 saturated heterocycles. The highest BCUT2D eigenvalue weighted by Gasteiger charge is 2.30. The van der Waals surface area contributed by atoms with E-state index in [4.69, 9.17) is 4.74 Å². The summed E-state index contributed by atoms with van der Waals surface area (Å²) in [6.45, 7) is 3.72. The lowest BCUT2D eigenvalue weighted by Gasteiger charge is -2.19. The fourth-order valence-corrected chi connectivity index (χ4v) is 5.74. The standard InChI is InChI=1S/C23H27N3O5S/c1-2-31-20-11-10-18(16-21(20)32(29,30)25-12-3-4-13-25)24-23(28)17-7-5-8-19(15-17)26-14-6-9-22(26)27/h5,7-8,10-11,15-16H,2-4,6,9,12-14H2,1H3,(H,24,28). The molecule has 0 bridgehead atoms. The Morgan fingerprint density at radius 2 is 1.84 bits per heavy atom. The Morgan fingerprint density at radius 3 is 2.53 bits per heavy atom. The lowest BCUT2D eigenvalue weighted by Crippen LogP contribution is -2.28. The Labute approximate surface area is 188 Å². The second-order valence-corrected chi connectivity index (χ2v) is 9.77. The zero-order chi connectivity index (χ0) is 22.7. The van der Waals surface area contributed by atoms with Gasteiger partial charge in [-0.05, 0) is 62.6 Å². The lowest BCUT2D eigenvalue weighted by atomic mass is 10.1. The normalized spacial score (nSPS) is 17.0. The minimum Gasteiger partial charge on any atom is -0.492 e. The van der Waals surface area contributed by atoms with Crippen LogP contribution in [0.3, 0.4) is 0 Å². The van der Waals surface area contributed by atoms with Crippen LogP contribution in [0, 0.1) is 0 Å². The molecule has 8 nitrogen and oxygen atoms in total. The molecule has 0 atom stereocenters. The SMILES string of the molecule is CCOc1ccc(NC(=O)c2cccc(N3CCCC3=O)c2)cc1S(=O)(=O)N1CCCC1. The van der Waals surface area contributed by atoms with E-state index < -0.39 is 10.0 Å². The molecule has 2 amide bonds. The number of nitrogens with zero attached hydrogens (tertiary/aromatic N) is 2. The molecule has 4 rings (SSSR count). The molecule has 0 aromatic heterocycles. The van der Waals surface area contributed by atoms with Crippen molar-refractivity contribution in [1.82, 2.24) is 4.31 Å². The minimum atomic E-state index is -3.73. The van der Waals surface area contributed by atoms with Crippen LogP contribution in [0.4, 0.5) is 11.4 Å². The Kier molecular flexibility index (Phi) is 6.48. The molecule has 0 radical (unpaired) electrons. The highest BCUT2D eigenvalue weighted by atomic mass is 32.2. The van der Waals surface area contributed by atoms with Crippen LogP contribution in [-0.4, -0.2) is 50.8 Å². The topological polar surface area (TPSA) is 96.0 Å². The third-order valence-electron chi connectivity index (χ3n) is 5.68. The predicted octanol–water partition coefficient (Wildman–Crippen LogP) is 3.25. The summed E-state index contributed by atoms with van der Waals surface area (Å²) in [6, 6.07) is 11.5. The molecule has 2 aliphatic rings. The van der Waals surface area contributed by atoms with Crippen molar-refractivity contribution in [3.63, 3.8) is 0 Å². The zero-order valence-electron chi connectivity index (χ0n) is 18.0. The molecule has 2 aromatic rings. The molecule has 0 saturated carbocycles. The zero-order valence-corrected chi connectivity index (χ0v) is 18.9. The fourth-order valence-electron chi connectivity index (χ4n) is 4.07. The van der Waals surface area contributed by atoms with Gasteiger partial charge in [0.15, 0.2) is 0 Å². The van der Waals surface area contributed by atoms with E-state index in [0.29, 0.717) is 49.6 Å². The second-order valence-electron chi connectivity index (χ2n) is 7.86. The van der Waals surface area contributed by atoms with Crippen molar-refractivity contribution in [1.29, 1.82) is 0 Å². The van der Waals surface area contributed by atoms with Gasteiger partial charge in [-0.25, -0.2) is 8.42 Å². The summed E-state index contributed by atoms with van der Waals surface area (Å²) in [5.41, 5.74) is 1.43. The van der Waals surface area contributed by atoms with Gasteiger partial charge in [0.2, 0.25) is 15.9 Å². The number of ether oxygens (including phenoxy) is 1. The average molecular weight is 458 g/mol. The van der Waals surface area contributed by atoms with Gasteiger partial charge >= 0.3 is 0 Å². The van der Waals surface area contributed by atoms with Crippen LogP contribution in [0.15, 0.2) is 47.4 Å². The van der Waals surface area contributed by atoms with E-state index >= 15 is 0 Å². The Hall–Kier alpha value is -2.91. The van der Waals surface area contributed by atoms with Crippen LogP contribution in [0.5, 0.6) is 5.75 Å². The Bertz CT molecular complexity index is 1130. The predicted molar refractivity (Wildman–Crippen MR) is 122 cm³/mol. The first-order valence-corrected chi connectivity index (χ1v) is 12.3. The summed E-state index contributed by atoms with van der Waals surface area (Å²) in [4.78, 5) is 26.6. The quantitative estimate of drug-likeness (QED) is 0.689. The number of carbonyl (C=O) groups excluding carboxylic acids is 2. The van der Waals surface area contributed by atoms with Crippen molar-refractivity contribution in [3.8, 4) is 5.75 Å². The Balaban J connectivity index is 1.59. The van der Waals surface area contributed by atoms with E-state index in [0.717, 1.165) is 19.3 Å².